The summed E-state index contributed by atoms with van der Waals surface area (Å²) < 4.78 is 38.6. The summed E-state index contributed by atoms with van der Waals surface area (Å²) in [7, 11) is 0. The van der Waals surface area contributed by atoms with Crippen LogP contribution >= 0.6 is 22.6 Å². The fourth-order valence-corrected chi connectivity index (χ4v) is 2.69. The Balaban J connectivity index is 2.03. The van der Waals surface area contributed by atoms with E-state index in [1.54, 1.807) is 13.0 Å². The van der Waals surface area contributed by atoms with Crippen molar-refractivity contribution in [2.45, 2.75) is 24.1 Å². The number of nitrogens with zero attached hydrogens (tertiary/aromatic N) is 1. The van der Waals surface area contributed by atoms with E-state index in [9.17, 15) is 18.0 Å². The summed E-state index contributed by atoms with van der Waals surface area (Å²) in [5.41, 5.74) is -0.0709. The molecule has 21 heavy (non-hydrogen) atoms. The van der Waals surface area contributed by atoms with Gasteiger partial charge in [-0.15, -0.1) is 0 Å². The van der Waals surface area contributed by atoms with Crippen LogP contribution in [0.25, 0.3) is 0 Å². The Bertz CT molecular complexity index is 540. The van der Waals surface area contributed by atoms with Crippen molar-refractivity contribution in [2.75, 3.05) is 18.4 Å². The number of rotatable bonds is 3. The van der Waals surface area contributed by atoms with E-state index < -0.39 is 11.7 Å². The SMILES string of the molecule is Cc1cc(NC(=O)C2CN(C(C)I)C2)cc(C(F)(F)F)c1. The van der Waals surface area contributed by atoms with Gasteiger partial charge in [-0.2, -0.15) is 13.2 Å². The Labute approximate surface area is 135 Å². The first-order chi connectivity index (χ1) is 9.66. The largest absolute Gasteiger partial charge is 0.416 e. The van der Waals surface area contributed by atoms with Gasteiger partial charge in [-0.3, -0.25) is 9.69 Å². The average Bonchev–Trinajstić information content (AvgIpc) is 2.23. The minimum absolute atomic E-state index is 0.155. The molecular formula is C14H16F3IN2O. The van der Waals surface area contributed by atoms with Crippen LogP contribution < -0.4 is 5.32 Å². The maximum Gasteiger partial charge on any atom is 0.416 e. The van der Waals surface area contributed by atoms with Gasteiger partial charge in [0.2, 0.25) is 5.91 Å². The van der Waals surface area contributed by atoms with Crippen molar-refractivity contribution in [2.24, 2.45) is 5.92 Å². The molecule has 1 aromatic carbocycles. The molecule has 1 N–H and O–H groups in total. The third kappa shape index (κ3) is 4.09. The van der Waals surface area contributed by atoms with Gasteiger partial charge in [0.1, 0.15) is 0 Å². The molecule has 2 rings (SSSR count). The van der Waals surface area contributed by atoms with E-state index in [0.29, 0.717) is 22.7 Å². The molecule has 0 saturated carbocycles. The molecule has 7 heteroatoms. The van der Waals surface area contributed by atoms with E-state index in [0.717, 1.165) is 12.1 Å². The number of aryl methyl sites for hydroxylation is 1. The second-order valence-corrected chi connectivity index (χ2v) is 7.10. The number of halogens is 4. The number of hydrogen-bond donors (Lipinski definition) is 1. The van der Waals surface area contributed by atoms with Crippen LogP contribution in [0, 0.1) is 12.8 Å². The molecule has 1 aromatic rings. The van der Waals surface area contributed by atoms with Gasteiger partial charge in [0.15, 0.2) is 0 Å². The summed E-state index contributed by atoms with van der Waals surface area (Å²) in [6, 6.07) is 3.59. The maximum absolute atomic E-state index is 12.7. The van der Waals surface area contributed by atoms with Crippen LogP contribution in [-0.2, 0) is 11.0 Å². The Morgan fingerprint density at radius 3 is 2.52 bits per heavy atom. The van der Waals surface area contributed by atoms with E-state index in [-0.39, 0.29) is 17.5 Å². The zero-order valence-corrected chi connectivity index (χ0v) is 13.8. The molecule has 1 aliphatic heterocycles. The van der Waals surface area contributed by atoms with E-state index in [2.05, 4.69) is 32.8 Å². The minimum Gasteiger partial charge on any atom is -0.326 e. The molecule has 1 amide bonds. The van der Waals surface area contributed by atoms with Crippen molar-refractivity contribution < 1.29 is 18.0 Å². The summed E-state index contributed by atoms with van der Waals surface area (Å²) in [6.45, 7) is 4.90. The van der Waals surface area contributed by atoms with Gasteiger partial charge in [-0.1, -0.05) is 22.6 Å². The van der Waals surface area contributed by atoms with Crippen LogP contribution in [-0.4, -0.2) is 27.9 Å². The third-order valence-corrected chi connectivity index (χ3v) is 4.24. The van der Waals surface area contributed by atoms with Gasteiger partial charge in [0.05, 0.1) is 15.5 Å². The quantitative estimate of drug-likeness (QED) is 0.467. The molecule has 1 fully saturated rings. The van der Waals surface area contributed by atoms with Crippen LogP contribution in [0.3, 0.4) is 0 Å². The highest BCUT2D eigenvalue weighted by atomic mass is 127. The minimum atomic E-state index is -4.41. The number of benzene rings is 1. The molecule has 0 spiro atoms. The van der Waals surface area contributed by atoms with Gasteiger partial charge in [-0.05, 0) is 37.6 Å². The lowest BCUT2D eigenvalue weighted by Gasteiger charge is -2.40. The predicted octanol–water partition coefficient (Wildman–Crippen LogP) is 3.67. The van der Waals surface area contributed by atoms with Crippen molar-refractivity contribution in [1.29, 1.82) is 0 Å². The van der Waals surface area contributed by atoms with E-state index in [4.69, 9.17) is 0 Å². The number of amides is 1. The van der Waals surface area contributed by atoms with Crippen molar-refractivity contribution >= 4 is 34.2 Å². The monoisotopic (exact) mass is 412 g/mol. The lowest BCUT2D eigenvalue weighted by Crippen LogP contribution is -2.53. The van der Waals surface area contributed by atoms with E-state index >= 15 is 0 Å². The van der Waals surface area contributed by atoms with E-state index in [1.807, 2.05) is 6.92 Å². The van der Waals surface area contributed by atoms with Crippen LogP contribution in [0.2, 0.25) is 0 Å². The van der Waals surface area contributed by atoms with Crippen molar-refractivity contribution in [3.05, 3.63) is 29.3 Å². The molecule has 3 nitrogen and oxygen atoms in total. The molecule has 0 radical (unpaired) electrons. The Hall–Kier alpha value is -0.830. The first kappa shape index (κ1) is 16.5. The molecule has 1 heterocycles. The van der Waals surface area contributed by atoms with Gasteiger partial charge >= 0.3 is 6.18 Å². The number of carbonyl (C=O) groups is 1. The molecule has 1 unspecified atom stereocenters. The maximum atomic E-state index is 12.7. The number of nitrogens with one attached hydrogen (secondary N) is 1. The molecule has 0 aliphatic carbocycles. The highest BCUT2D eigenvalue weighted by Gasteiger charge is 2.35. The number of likely N-dealkylation sites (tertiary alicyclic amines) is 1. The number of anilines is 1. The van der Waals surface area contributed by atoms with Crippen LogP contribution in [0.5, 0.6) is 0 Å². The lowest BCUT2D eigenvalue weighted by molar-refractivity contribution is -0.137. The predicted molar refractivity (Wildman–Crippen MR) is 83.4 cm³/mol. The van der Waals surface area contributed by atoms with Crippen molar-refractivity contribution in [1.82, 2.24) is 4.90 Å². The van der Waals surface area contributed by atoms with Crippen molar-refractivity contribution in [3.63, 3.8) is 0 Å². The van der Waals surface area contributed by atoms with Crippen LogP contribution in [0.1, 0.15) is 18.1 Å². The van der Waals surface area contributed by atoms with Gasteiger partial charge in [0, 0.05) is 18.8 Å². The zero-order chi connectivity index (χ0) is 15.8. The topological polar surface area (TPSA) is 32.3 Å². The number of hydrogen-bond acceptors (Lipinski definition) is 2. The molecule has 1 aliphatic rings. The normalized spacial score (nSPS) is 18.2. The third-order valence-electron chi connectivity index (χ3n) is 3.46. The second kappa shape index (κ2) is 6.12. The Morgan fingerprint density at radius 1 is 1.38 bits per heavy atom. The van der Waals surface area contributed by atoms with Gasteiger partial charge < -0.3 is 5.32 Å². The fourth-order valence-electron chi connectivity index (χ4n) is 2.23. The molecule has 1 atom stereocenters. The fraction of sp³-hybridized carbons (Fsp3) is 0.500. The highest BCUT2D eigenvalue weighted by Crippen LogP contribution is 2.32. The van der Waals surface area contributed by atoms with Gasteiger partial charge in [0.25, 0.3) is 0 Å². The first-order valence-electron chi connectivity index (χ1n) is 6.54. The summed E-state index contributed by atoms with van der Waals surface area (Å²) >= 11 is 2.26. The second-order valence-electron chi connectivity index (χ2n) is 5.30. The average molecular weight is 412 g/mol. The Kier molecular flexibility index (Phi) is 4.82. The standard InChI is InChI=1S/C14H16F3IN2O/c1-8-3-11(14(15,16)17)5-12(4-8)19-13(21)10-6-20(7-10)9(2)18/h3-5,9-10H,6-7H2,1-2H3,(H,19,21). The smallest absolute Gasteiger partial charge is 0.326 e. The molecule has 1 saturated heterocycles. The summed E-state index contributed by atoms with van der Waals surface area (Å²) in [5, 5.41) is 2.59. The van der Waals surface area contributed by atoms with E-state index in [1.165, 1.54) is 0 Å². The number of carbonyl (C=O) groups excluding carboxylic acids is 1. The highest BCUT2D eigenvalue weighted by molar-refractivity contribution is 14.1. The molecular weight excluding hydrogens is 396 g/mol. The number of alkyl halides is 4. The first-order valence-corrected chi connectivity index (χ1v) is 7.79. The lowest BCUT2D eigenvalue weighted by atomic mass is 9.99. The Morgan fingerprint density at radius 2 is 2.00 bits per heavy atom. The summed E-state index contributed by atoms with van der Waals surface area (Å²) in [6.07, 6.45) is -4.41. The molecule has 116 valence electrons. The van der Waals surface area contributed by atoms with Crippen LogP contribution in [0.4, 0.5) is 18.9 Å². The molecule has 0 bridgehead atoms. The summed E-state index contributed by atoms with van der Waals surface area (Å²) in [4.78, 5) is 14.1. The molecule has 0 aromatic heterocycles. The zero-order valence-electron chi connectivity index (χ0n) is 11.7. The van der Waals surface area contributed by atoms with Gasteiger partial charge in [-0.25, -0.2) is 0 Å². The van der Waals surface area contributed by atoms with Crippen LogP contribution in [0.15, 0.2) is 18.2 Å². The van der Waals surface area contributed by atoms with Crippen molar-refractivity contribution in [3.8, 4) is 0 Å². The summed E-state index contributed by atoms with van der Waals surface area (Å²) in [5.74, 6) is -0.376.